The van der Waals surface area contributed by atoms with Crippen LogP contribution in [0.1, 0.15) is 61.8 Å². The Labute approximate surface area is 173 Å². The van der Waals surface area contributed by atoms with Crippen molar-refractivity contribution >= 4 is 6.16 Å². The van der Waals surface area contributed by atoms with Gasteiger partial charge in [0.25, 0.3) is 0 Å². The van der Waals surface area contributed by atoms with Crippen LogP contribution in [-0.4, -0.2) is 16.4 Å². The molecule has 0 aliphatic rings. The molecular weight excluding hydrogens is 360 g/mol. The van der Waals surface area contributed by atoms with E-state index >= 15 is 0 Å². The maximum absolute atomic E-state index is 8.56. The summed E-state index contributed by atoms with van der Waals surface area (Å²) in [4.78, 5) is 8.56. The van der Waals surface area contributed by atoms with Gasteiger partial charge in [-0.15, -0.1) is 0 Å². The van der Waals surface area contributed by atoms with E-state index in [0.29, 0.717) is 11.8 Å². The third-order valence-corrected chi connectivity index (χ3v) is 4.90. The molecule has 29 heavy (non-hydrogen) atoms. The third kappa shape index (κ3) is 6.21. The minimum Gasteiger partial charge on any atom is -0.450 e. The van der Waals surface area contributed by atoms with Crippen LogP contribution in [0.3, 0.4) is 0 Å². The Kier molecular flexibility index (Phi) is 8.02. The van der Waals surface area contributed by atoms with Crippen LogP contribution in [0, 0.1) is 0 Å². The first kappa shape index (κ1) is 22.2. The molecule has 0 unspecified atom stereocenters. The highest BCUT2D eigenvalue weighted by molar-refractivity contribution is 5.71. The van der Waals surface area contributed by atoms with Gasteiger partial charge in [0.05, 0.1) is 0 Å². The SMILES string of the molecule is CC(C)c1ccc(-c2ccccc2)c(Cc2ccccc2)c1C(C)C.O=C(O)O. The number of carboxylic acid groups (broad SMARTS) is 2. The van der Waals surface area contributed by atoms with E-state index in [9.17, 15) is 0 Å². The minimum atomic E-state index is -1.83. The fraction of sp³-hybridized carbons (Fsp3) is 0.269. The van der Waals surface area contributed by atoms with Crippen molar-refractivity contribution in [3.05, 3.63) is 95.1 Å². The summed E-state index contributed by atoms with van der Waals surface area (Å²) in [5, 5.41) is 13.9. The molecule has 0 saturated carbocycles. The lowest BCUT2D eigenvalue weighted by Crippen LogP contribution is -2.07. The summed E-state index contributed by atoms with van der Waals surface area (Å²) < 4.78 is 0. The van der Waals surface area contributed by atoms with Crippen molar-refractivity contribution in [3.8, 4) is 11.1 Å². The minimum absolute atomic E-state index is 0.514. The number of benzene rings is 3. The van der Waals surface area contributed by atoms with Gasteiger partial charge in [-0.25, -0.2) is 4.79 Å². The molecule has 0 saturated heterocycles. The van der Waals surface area contributed by atoms with E-state index in [2.05, 4.69) is 100 Å². The molecule has 152 valence electrons. The molecule has 3 aromatic carbocycles. The molecule has 3 aromatic rings. The molecule has 3 nitrogen and oxygen atoms in total. The summed E-state index contributed by atoms with van der Waals surface area (Å²) in [5.41, 5.74) is 8.56. The van der Waals surface area contributed by atoms with Crippen molar-refractivity contribution in [1.29, 1.82) is 0 Å². The first-order valence-electron chi connectivity index (χ1n) is 9.98. The Balaban J connectivity index is 0.000000687. The molecule has 0 amide bonds. The summed E-state index contributed by atoms with van der Waals surface area (Å²) in [6.07, 6.45) is -0.848. The highest BCUT2D eigenvalue weighted by Crippen LogP contribution is 2.37. The fourth-order valence-corrected chi connectivity index (χ4v) is 3.75. The van der Waals surface area contributed by atoms with Crippen LogP contribution in [0.25, 0.3) is 11.1 Å². The molecule has 0 heterocycles. The number of carbonyl (C=O) groups is 1. The number of rotatable bonds is 5. The van der Waals surface area contributed by atoms with Crippen molar-refractivity contribution in [1.82, 2.24) is 0 Å². The van der Waals surface area contributed by atoms with Crippen LogP contribution in [0.5, 0.6) is 0 Å². The molecule has 0 fully saturated rings. The zero-order valence-electron chi connectivity index (χ0n) is 17.6. The van der Waals surface area contributed by atoms with Gasteiger partial charge in [-0.1, -0.05) is 100 Å². The highest BCUT2D eigenvalue weighted by atomic mass is 16.6. The van der Waals surface area contributed by atoms with E-state index < -0.39 is 6.16 Å². The summed E-state index contributed by atoms with van der Waals surface area (Å²) in [6.45, 7) is 9.25. The standard InChI is InChI=1S/C25H28.CH2O3/c1-18(2)22-15-16-23(21-13-9-6-10-14-21)24(25(22)19(3)4)17-20-11-7-5-8-12-20;2-1(3)4/h5-16,18-19H,17H2,1-4H3;(H2,2,3,4). The normalized spacial score (nSPS) is 10.6. The Morgan fingerprint density at radius 1 is 0.759 bits per heavy atom. The molecule has 0 aliphatic heterocycles. The van der Waals surface area contributed by atoms with Gasteiger partial charge in [0.2, 0.25) is 0 Å². The summed E-state index contributed by atoms with van der Waals surface area (Å²) in [5.74, 6) is 1.05. The molecule has 3 heteroatoms. The van der Waals surface area contributed by atoms with E-state index in [4.69, 9.17) is 15.0 Å². The summed E-state index contributed by atoms with van der Waals surface area (Å²) in [6, 6.07) is 26.3. The maximum Gasteiger partial charge on any atom is 0.503 e. The van der Waals surface area contributed by atoms with Crippen molar-refractivity contribution in [2.75, 3.05) is 0 Å². The van der Waals surface area contributed by atoms with Crippen molar-refractivity contribution < 1.29 is 15.0 Å². The summed E-state index contributed by atoms with van der Waals surface area (Å²) >= 11 is 0. The van der Waals surface area contributed by atoms with Gasteiger partial charge in [-0.05, 0) is 51.6 Å². The predicted molar refractivity (Wildman–Crippen MR) is 120 cm³/mol. The molecule has 0 atom stereocenters. The Morgan fingerprint density at radius 3 is 1.76 bits per heavy atom. The first-order chi connectivity index (χ1) is 13.8. The molecule has 2 N–H and O–H groups in total. The molecule has 0 bridgehead atoms. The maximum atomic E-state index is 8.56. The zero-order valence-corrected chi connectivity index (χ0v) is 17.6. The second kappa shape index (κ2) is 10.5. The van der Waals surface area contributed by atoms with Gasteiger partial charge in [-0.2, -0.15) is 0 Å². The first-order valence-corrected chi connectivity index (χ1v) is 9.98. The van der Waals surface area contributed by atoms with Crippen molar-refractivity contribution in [3.63, 3.8) is 0 Å². The molecule has 0 spiro atoms. The fourth-order valence-electron chi connectivity index (χ4n) is 3.75. The van der Waals surface area contributed by atoms with Gasteiger partial charge in [0.1, 0.15) is 0 Å². The predicted octanol–water partition coefficient (Wildman–Crippen LogP) is 7.41. The van der Waals surface area contributed by atoms with E-state index in [0.717, 1.165) is 6.42 Å². The van der Waals surface area contributed by atoms with E-state index in [-0.39, 0.29) is 0 Å². The molecule has 0 aliphatic carbocycles. The van der Waals surface area contributed by atoms with Crippen LogP contribution in [0.2, 0.25) is 0 Å². The van der Waals surface area contributed by atoms with E-state index in [1.807, 2.05) is 0 Å². The van der Waals surface area contributed by atoms with Gasteiger partial charge >= 0.3 is 6.16 Å². The second-order valence-electron chi connectivity index (χ2n) is 7.71. The molecular formula is C26H30O3. The number of hydrogen-bond donors (Lipinski definition) is 2. The van der Waals surface area contributed by atoms with Crippen LogP contribution < -0.4 is 0 Å². The van der Waals surface area contributed by atoms with Gasteiger partial charge in [0, 0.05) is 0 Å². The van der Waals surface area contributed by atoms with Gasteiger partial charge in [0.15, 0.2) is 0 Å². The topological polar surface area (TPSA) is 57.5 Å². The van der Waals surface area contributed by atoms with Crippen LogP contribution in [0.15, 0.2) is 72.8 Å². The summed E-state index contributed by atoms with van der Waals surface area (Å²) in [7, 11) is 0. The van der Waals surface area contributed by atoms with Crippen molar-refractivity contribution in [2.24, 2.45) is 0 Å². The van der Waals surface area contributed by atoms with Crippen LogP contribution >= 0.6 is 0 Å². The average molecular weight is 391 g/mol. The lowest BCUT2D eigenvalue weighted by molar-refractivity contribution is 0.137. The Hall–Kier alpha value is -3.07. The molecule has 0 aromatic heterocycles. The van der Waals surface area contributed by atoms with Gasteiger partial charge < -0.3 is 10.2 Å². The van der Waals surface area contributed by atoms with E-state index in [1.54, 1.807) is 0 Å². The quantitative estimate of drug-likeness (QED) is 0.477. The van der Waals surface area contributed by atoms with Crippen LogP contribution in [0.4, 0.5) is 4.79 Å². The Morgan fingerprint density at radius 2 is 1.28 bits per heavy atom. The third-order valence-electron chi connectivity index (χ3n) is 4.90. The average Bonchev–Trinajstić information content (AvgIpc) is 2.68. The largest absolute Gasteiger partial charge is 0.503 e. The van der Waals surface area contributed by atoms with Crippen molar-refractivity contribution in [2.45, 2.75) is 46.0 Å². The second-order valence-corrected chi connectivity index (χ2v) is 7.71. The zero-order chi connectivity index (χ0) is 21.4. The molecule has 0 radical (unpaired) electrons. The Bertz CT molecular complexity index is 909. The lowest BCUT2D eigenvalue weighted by atomic mass is 9.81. The highest BCUT2D eigenvalue weighted by Gasteiger charge is 2.19. The lowest BCUT2D eigenvalue weighted by Gasteiger charge is -2.24. The van der Waals surface area contributed by atoms with Crippen LogP contribution in [-0.2, 0) is 6.42 Å². The number of hydrogen-bond acceptors (Lipinski definition) is 1. The van der Waals surface area contributed by atoms with E-state index in [1.165, 1.54) is 33.4 Å². The van der Waals surface area contributed by atoms with Gasteiger partial charge in [-0.3, -0.25) is 0 Å². The molecule has 3 rings (SSSR count). The monoisotopic (exact) mass is 390 g/mol. The smallest absolute Gasteiger partial charge is 0.450 e.